The Labute approximate surface area is 153 Å². The number of aromatic nitrogens is 1. The number of ketones is 2. The minimum absolute atomic E-state index is 0.0190. The maximum absolute atomic E-state index is 12.9. The van der Waals surface area contributed by atoms with Gasteiger partial charge in [0.15, 0.2) is 11.6 Å². The number of allylic oxidation sites excluding steroid dienone is 1. The second kappa shape index (κ2) is 6.36. The van der Waals surface area contributed by atoms with Crippen LogP contribution in [0.25, 0.3) is 6.08 Å². The van der Waals surface area contributed by atoms with Crippen LogP contribution in [0, 0.1) is 20.8 Å². The van der Waals surface area contributed by atoms with Crippen molar-refractivity contribution in [1.29, 1.82) is 0 Å². The molecule has 1 saturated carbocycles. The Bertz CT molecular complexity index is 1030. The van der Waals surface area contributed by atoms with Crippen molar-refractivity contribution in [3.63, 3.8) is 0 Å². The lowest BCUT2D eigenvalue weighted by molar-refractivity contribution is -0.123. The molecule has 0 radical (unpaired) electrons. The van der Waals surface area contributed by atoms with Gasteiger partial charge in [-0.1, -0.05) is 17.7 Å². The Balaban J connectivity index is 2.05. The van der Waals surface area contributed by atoms with E-state index in [9.17, 15) is 18.0 Å². The number of carbonyl (C=O) groups excluding carboxylic acids is 2. The molecule has 0 saturated heterocycles. The molecule has 2 aromatic rings. The van der Waals surface area contributed by atoms with Crippen molar-refractivity contribution in [3.05, 3.63) is 64.0 Å². The summed E-state index contributed by atoms with van der Waals surface area (Å²) in [6.45, 7) is 5.80. The maximum Gasteiger partial charge on any atom is 0.236 e. The first-order valence-electron chi connectivity index (χ1n) is 8.32. The monoisotopic (exact) mass is 371 g/mol. The molecule has 0 N–H and O–H groups in total. The standard InChI is InChI=1S/C20H21NO4S/c1-12-8-13(2)18(14(3)9-12)19-17(22)11-15(20(19)23)10-16-6-5-7-21(16)26(4,24)25/h5-10,19H,11H2,1-4H3. The van der Waals surface area contributed by atoms with Crippen LogP contribution in [0.15, 0.2) is 36.0 Å². The van der Waals surface area contributed by atoms with Crippen molar-refractivity contribution in [1.82, 2.24) is 3.97 Å². The summed E-state index contributed by atoms with van der Waals surface area (Å²) in [5.74, 6) is -1.19. The van der Waals surface area contributed by atoms with Crippen molar-refractivity contribution in [3.8, 4) is 0 Å². The molecular weight excluding hydrogens is 350 g/mol. The van der Waals surface area contributed by atoms with Crippen molar-refractivity contribution >= 4 is 27.7 Å². The van der Waals surface area contributed by atoms with E-state index >= 15 is 0 Å². The SMILES string of the molecule is Cc1cc(C)c(C2C(=O)CC(=Cc3cccn3S(C)(=O)=O)C2=O)c(C)c1. The minimum atomic E-state index is -3.47. The molecule has 1 aromatic heterocycles. The number of carbonyl (C=O) groups is 2. The summed E-state index contributed by atoms with van der Waals surface area (Å²) < 4.78 is 24.8. The van der Waals surface area contributed by atoms with Crippen LogP contribution in [0.4, 0.5) is 0 Å². The Morgan fingerprint density at radius 2 is 1.73 bits per heavy atom. The largest absolute Gasteiger partial charge is 0.298 e. The highest BCUT2D eigenvalue weighted by molar-refractivity contribution is 7.89. The first-order chi connectivity index (χ1) is 12.1. The second-order valence-corrected chi connectivity index (χ2v) is 8.77. The van der Waals surface area contributed by atoms with E-state index in [1.165, 1.54) is 12.3 Å². The van der Waals surface area contributed by atoms with Crippen molar-refractivity contribution in [2.75, 3.05) is 6.26 Å². The van der Waals surface area contributed by atoms with E-state index in [-0.39, 0.29) is 18.0 Å². The summed E-state index contributed by atoms with van der Waals surface area (Å²) in [6.07, 6.45) is 4.05. The molecule has 0 bridgehead atoms. The summed E-state index contributed by atoms with van der Waals surface area (Å²) in [5, 5.41) is 0. The Morgan fingerprint density at radius 3 is 2.31 bits per heavy atom. The molecule has 1 aliphatic carbocycles. The summed E-state index contributed by atoms with van der Waals surface area (Å²) >= 11 is 0. The molecule has 26 heavy (non-hydrogen) atoms. The topological polar surface area (TPSA) is 73.2 Å². The van der Waals surface area contributed by atoms with Gasteiger partial charge in [0.25, 0.3) is 0 Å². The highest BCUT2D eigenvalue weighted by atomic mass is 32.2. The second-order valence-electron chi connectivity index (χ2n) is 6.91. The van der Waals surface area contributed by atoms with E-state index in [1.54, 1.807) is 12.1 Å². The number of hydrogen-bond acceptors (Lipinski definition) is 4. The van der Waals surface area contributed by atoms with Gasteiger partial charge in [0, 0.05) is 18.2 Å². The third-order valence-corrected chi connectivity index (χ3v) is 5.76. The molecule has 0 spiro atoms. The van der Waals surface area contributed by atoms with E-state index in [2.05, 4.69) is 0 Å². The van der Waals surface area contributed by atoms with E-state index in [0.717, 1.165) is 32.5 Å². The van der Waals surface area contributed by atoms with Gasteiger partial charge in [-0.3, -0.25) is 9.59 Å². The average Bonchev–Trinajstić information content (AvgIpc) is 3.06. The third kappa shape index (κ3) is 3.17. The molecule has 0 aliphatic heterocycles. The molecule has 136 valence electrons. The lowest BCUT2D eigenvalue weighted by Gasteiger charge is -2.15. The fourth-order valence-electron chi connectivity index (χ4n) is 3.74. The van der Waals surface area contributed by atoms with Gasteiger partial charge in [0.2, 0.25) is 10.0 Å². The molecule has 1 atom stereocenters. The van der Waals surface area contributed by atoms with Gasteiger partial charge in [-0.25, -0.2) is 12.4 Å². The van der Waals surface area contributed by atoms with Crippen molar-refractivity contribution < 1.29 is 18.0 Å². The van der Waals surface area contributed by atoms with Crippen LogP contribution in [-0.2, 0) is 19.6 Å². The average molecular weight is 371 g/mol. The molecule has 5 nitrogen and oxygen atoms in total. The fourth-order valence-corrected chi connectivity index (χ4v) is 4.53. The first-order valence-corrected chi connectivity index (χ1v) is 10.2. The lowest BCUT2D eigenvalue weighted by atomic mass is 9.87. The van der Waals surface area contributed by atoms with Crippen LogP contribution in [-0.4, -0.2) is 30.2 Å². The van der Waals surface area contributed by atoms with Crippen molar-refractivity contribution in [2.45, 2.75) is 33.1 Å². The summed E-state index contributed by atoms with van der Waals surface area (Å²) in [7, 11) is -3.47. The third-order valence-electron chi connectivity index (χ3n) is 4.71. The summed E-state index contributed by atoms with van der Waals surface area (Å²) in [6, 6.07) is 7.15. The van der Waals surface area contributed by atoms with Crippen LogP contribution in [0.1, 0.15) is 40.3 Å². The molecule has 0 amide bonds. The zero-order valence-electron chi connectivity index (χ0n) is 15.2. The minimum Gasteiger partial charge on any atom is -0.298 e. The fraction of sp³-hybridized carbons (Fsp3) is 0.300. The van der Waals surface area contributed by atoms with Crippen LogP contribution >= 0.6 is 0 Å². The Kier molecular flexibility index (Phi) is 4.48. The Hall–Kier alpha value is -2.47. The number of benzene rings is 1. The molecule has 1 aromatic carbocycles. The number of aryl methyl sites for hydroxylation is 3. The summed E-state index contributed by atoms with van der Waals surface area (Å²) in [5.41, 5.74) is 4.44. The molecule has 1 fully saturated rings. The van der Waals surface area contributed by atoms with Gasteiger partial charge in [0.05, 0.1) is 11.9 Å². The van der Waals surface area contributed by atoms with Gasteiger partial charge < -0.3 is 0 Å². The van der Waals surface area contributed by atoms with Crippen LogP contribution in [0.2, 0.25) is 0 Å². The number of nitrogens with zero attached hydrogens (tertiary/aromatic N) is 1. The zero-order chi connectivity index (χ0) is 19.2. The van der Waals surface area contributed by atoms with Crippen molar-refractivity contribution in [2.24, 2.45) is 0 Å². The van der Waals surface area contributed by atoms with E-state index in [4.69, 9.17) is 0 Å². The normalized spacial score (nSPS) is 19.5. The highest BCUT2D eigenvalue weighted by Crippen LogP contribution is 2.36. The Morgan fingerprint density at radius 1 is 1.12 bits per heavy atom. The molecule has 3 rings (SSSR count). The van der Waals surface area contributed by atoms with Crippen LogP contribution < -0.4 is 0 Å². The first kappa shape index (κ1) is 18.3. The van der Waals surface area contributed by atoms with Gasteiger partial charge in [-0.15, -0.1) is 0 Å². The predicted octanol–water partition coefficient (Wildman–Crippen LogP) is 2.93. The molecule has 6 heteroatoms. The molecule has 1 unspecified atom stereocenters. The van der Waals surface area contributed by atoms with Crippen LogP contribution in [0.3, 0.4) is 0 Å². The molecular formula is C20H21NO4S. The maximum atomic E-state index is 12.9. The lowest BCUT2D eigenvalue weighted by Crippen LogP contribution is -2.15. The van der Waals surface area contributed by atoms with E-state index in [0.29, 0.717) is 11.3 Å². The predicted molar refractivity (Wildman–Crippen MR) is 101 cm³/mol. The molecule has 1 aliphatic rings. The number of hydrogen-bond donors (Lipinski definition) is 0. The van der Waals surface area contributed by atoms with Gasteiger partial charge in [0.1, 0.15) is 5.92 Å². The van der Waals surface area contributed by atoms with E-state index in [1.807, 2.05) is 32.9 Å². The zero-order valence-corrected chi connectivity index (χ0v) is 16.1. The number of Topliss-reactive ketones (excluding diaryl/α,β-unsaturated/α-hetero) is 2. The molecule has 1 heterocycles. The smallest absolute Gasteiger partial charge is 0.236 e. The quantitative estimate of drug-likeness (QED) is 0.614. The van der Waals surface area contributed by atoms with Gasteiger partial charge in [-0.05, 0) is 55.7 Å². The van der Waals surface area contributed by atoms with E-state index < -0.39 is 15.9 Å². The van der Waals surface area contributed by atoms with Crippen LogP contribution in [0.5, 0.6) is 0 Å². The summed E-state index contributed by atoms with van der Waals surface area (Å²) in [4.78, 5) is 25.6. The number of rotatable bonds is 3. The van der Waals surface area contributed by atoms with Gasteiger partial charge in [-0.2, -0.15) is 0 Å². The van der Waals surface area contributed by atoms with Gasteiger partial charge >= 0.3 is 0 Å². The highest BCUT2D eigenvalue weighted by Gasteiger charge is 2.39.